The van der Waals surface area contributed by atoms with Crippen LogP contribution in [0.4, 0.5) is 4.39 Å². The van der Waals surface area contributed by atoms with Crippen LogP contribution in [0.3, 0.4) is 0 Å². The molecule has 5 heteroatoms. The Bertz CT molecular complexity index is 1130. The minimum Gasteiger partial charge on any atom is -0.461 e. The van der Waals surface area contributed by atoms with E-state index in [0.29, 0.717) is 17.6 Å². The molecule has 1 aliphatic rings. The number of hydrogen-bond acceptors (Lipinski definition) is 3. The number of nitrogens with zero attached hydrogens (tertiary/aromatic N) is 2. The molecule has 0 spiro atoms. The van der Waals surface area contributed by atoms with Crippen LogP contribution >= 0.6 is 0 Å². The lowest BCUT2D eigenvalue weighted by molar-refractivity contribution is 0.149. The minimum atomic E-state index is -0.930. The van der Waals surface area contributed by atoms with Crippen LogP contribution in [0.25, 0.3) is 22.2 Å². The number of hydrogen-bond donors (Lipinski definition) is 1. The fourth-order valence-electron chi connectivity index (χ4n) is 3.98. The fraction of sp³-hybridized carbons (Fsp3) is 0.190. The standard InChI is InChI=1S/C21H17FN2O2/c1-12-6-13-7-16(17(22)8-21(13)26-12)20(25)9-18-14-4-2-3-5-15(14)19-10-23-11-24(18)19/h2-8,10-11,18,20,25H,9H2,1H3/t18-,20+/m1/s1. The van der Waals surface area contributed by atoms with Crippen molar-refractivity contribution in [3.63, 3.8) is 0 Å². The predicted octanol–water partition coefficient (Wildman–Crippen LogP) is 4.77. The van der Waals surface area contributed by atoms with E-state index in [-0.39, 0.29) is 6.04 Å². The van der Waals surface area contributed by atoms with E-state index in [4.69, 9.17) is 4.42 Å². The molecule has 5 rings (SSSR count). The van der Waals surface area contributed by atoms with Gasteiger partial charge in [-0.15, -0.1) is 0 Å². The topological polar surface area (TPSA) is 51.2 Å². The van der Waals surface area contributed by atoms with Crippen LogP contribution in [0.2, 0.25) is 0 Å². The maximum atomic E-state index is 14.5. The maximum Gasteiger partial charge on any atom is 0.137 e. The molecule has 4 nitrogen and oxygen atoms in total. The molecular weight excluding hydrogens is 331 g/mol. The van der Waals surface area contributed by atoms with Crippen molar-refractivity contribution in [2.24, 2.45) is 0 Å². The summed E-state index contributed by atoms with van der Waals surface area (Å²) in [5.74, 6) is 0.273. The number of aromatic nitrogens is 2. The van der Waals surface area contributed by atoms with Crippen LogP contribution in [-0.2, 0) is 0 Å². The van der Waals surface area contributed by atoms with E-state index in [9.17, 15) is 9.50 Å². The lowest BCUT2D eigenvalue weighted by Crippen LogP contribution is -2.11. The number of aryl methyl sites for hydroxylation is 1. The van der Waals surface area contributed by atoms with E-state index in [0.717, 1.165) is 28.0 Å². The molecule has 1 N–H and O–H groups in total. The zero-order valence-corrected chi connectivity index (χ0v) is 14.2. The van der Waals surface area contributed by atoms with Gasteiger partial charge in [0.05, 0.1) is 30.4 Å². The van der Waals surface area contributed by atoms with Crippen molar-refractivity contribution in [2.75, 3.05) is 0 Å². The number of fused-ring (bicyclic) bond motifs is 4. The van der Waals surface area contributed by atoms with Gasteiger partial charge in [0.25, 0.3) is 0 Å². The highest BCUT2D eigenvalue weighted by Gasteiger charge is 2.30. The third-order valence-corrected chi connectivity index (χ3v) is 5.16. The first-order valence-electron chi connectivity index (χ1n) is 8.60. The van der Waals surface area contributed by atoms with Crippen LogP contribution in [0.15, 0.2) is 59.4 Å². The smallest absolute Gasteiger partial charge is 0.137 e. The molecule has 2 aromatic carbocycles. The highest BCUT2D eigenvalue weighted by molar-refractivity contribution is 5.79. The third kappa shape index (κ3) is 2.21. The zero-order chi connectivity index (χ0) is 17.8. The van der Waals surface area contributed by atoms with Gasteiger partial charge in [-0.1, -0.05) is 24.3 Å². The number of halogens is 1. The van der Waals surface area contributed by atoms with Gasteiger partial charge in [0, 0.05) is 29.0 Å². The van der Waals surface area contributed by atoms with E-state index >= 15 is 0 Å². The van der Waals surface area contributed by atoms with E-state index in [1.54, 1.807) is 12.4 Å². The summed E-state index contributed by atoms with van der Waals surface area (Å²) >= 11 is 0. The highest BCUT2D eigenvalue weighted by atomic mass is 19.1. The second kappa shape index (κ2) is 5.54. The number of furan rings is 1. The van der Waals surface area contributed by atoms with Crippen molar-refractivity contribution < 1.29 is 13.9 Å². The molecule has 0 aliphatic carbocycles. The summed E-state index contributed by atoms with van der Waals surface area (Å²) in [7, 11) is 0. The first-order chi connectivity index (χ1) is 12.6. The summed E-state index contributed by atoms with van der Waals surface area (Å²) in [5.41, 5.74) is 4.07. The lowest BCUT2D eigenvalue weighted by Gasteiger charge is -2.19. The Morgan fingerprint density at radius 1 is 1.27 bits per heavy atom. The number of aliphatic hydroxyl groups excluding tert-OH is 1. The molecule has 1 aliphatic heterocycles. The summed E-state index contributed by atoms with van der Waals surface area (Å²) in [6.45, 7) is 1.82. The van der Waals surface area contributed by atoms with Crippen molar-refractivity contribution in [3.05, 3.63) is 77.7 Å². The molecule has 0 radical (unpaired) electrons. The lowest BCUT2D eigenvalue weighted by atomic mass is 9.95. The predicted molar refractivity (Wildman–Crippen MR) is 96.3 cm³/mol. The van der Waals surface area contributed by atoms with Gasteiger partial charge in [0.2, 0.25) is 0 Å². The van der Waals surface area contributed by atoms with Crippen LogP contribution in [-0.4, -0.2) is 14.7 Å². The fourth-order valence-corrected chi connectivity index (χ4v) is 3.98. The summed E-state index contributed by atoms with van der Waals surface area (Å²) in [5, 5.41) is 11.6. The Labute approximate surface area is 149 Å². The largest absolute Gasteiger partial charge is 0.461 e. The van der Waals surface area contributed by atoms with Crippen LogP contribution in [0, 0.1) is 12.7 Å². The van der Waals surface area contributed by atoms with Crippen molar-refractivity contribution in [1.29, 1.82) is 0 Å². The van der Waals surface area contributed by atoms with Gasteiger partial charge < -0.3 is 14.1 Å². The molecule has 2 aromatic heterocycles. The molecule has 0 unspecified atom stereocenters. The molecule has 0 fully saturated rings. The van der Waals surface area contributed by atoms with Crippen molar-refractivity contribution in [2.45, 2.75) is 25.5 Å². The maximum absolute atomic E-state index is 14.5. The van der Waals surface area contributed by atoms with Crippen LogP contribution in [0.5, 0.6) is 0 Å². The average Bonchev–Trinajstić information content (AvgIpc) is 3.29. The van der Waals surface area contributed by atoms with E-state index in [2.05, 4.69) is 17.1 Å². The second-order valence-corrected chi connectivity index (χ2v) is 6.81. The minimum absolute atomic E-state index is 0.0696. The Morgan fingerprint density at radius 2 is 2.12 bits per heavy atom. The molecular formula is C21H17FN2O2. The van der Waals surface area contributed by atoms with Crippen molar-refractivity contribution in [1.82, 2.24) is 9.55 Å². The summed E-state index contributed by atoms with van der Waals surface area (Å²) in [6.07, 6.45) is 3.04. The number of imidazole rings is 1. The second-order valence-electron chi connectivity index (χ2n) is 6.81. The summed E-state index contributed by atoms with van der Waals surface area (Å²) in [6, 6.07) is 12.9. The molecule has 26 heavy (non-hydrogen) atoms. The van der Waals surface area contributed by atoms with Crippen LogP contribution < -0.4 is 0 Å². The van der Waals surface area contributed by atoms with E-state index in [1.807, 2.05) is 35.9 Å². The Kier molecular flexibility index (Phi) is 3.27. The summed E-state index contributed by atoms with van der Waals surface area (Å²) in [4.78, 5) is 4.23. The Hall–Kier alpha value is -2.92. The Morgan fingerprint density at radius 3 is 3.00 bits per heavy atom. The number of aliphatic hydroxyl groups is 1. The van der Waals surface area contributed by atoms with E-state index < -0.39 is 11.9 Å². The SMILES string of the molecule is Cc1cc2cc([C@@H](O)C[C@@H]3c4ccccc4-c4cncn43)c(F)cc2o1. The van der Waals surface area contributed by atoms with Crippen LogP contribution in [0.1, 0.15) is 35.5 Å². The van der Waals surface area contributed by atoms with Gasteiger partial charge >= 0.3 is 0 Å². The molecule has 130 valence electrons. The van der Waals surface area contributed by atoms with Gasteiger partial charge in [0.1, 0.15) is 17.2 Å². The molecule has 3 heterocycles. The van der Waals surface area contributed by atoms with E-state index in [1.165, 1.54) is 6.07 Å². The number of benzene rings is 2. The zero-order valence-electron chi connectivity index (χ0n) is 14.2. The van der Waals surface area contributed by atoms with Gasteiger partial charge in [-0.3, -0.25) is 0 Å². The molecule has 0 saturated carbocycles. The van der Waals surface area contributed by atoms with Gasteiger partial charge in [-0.2, -0.15) is 0 Å². The first-order valence-corrected chi connectivity index (χ1v) is 8.60. The van der Waals surface area contributed by atoms with Gasteiger partial charge in [-0.25, -0.2) is 9.37 Å². The van der Waals surface area contributed by atoms with Gasteiger partial charge in [-0.05, 0) is 24.6 Å². The normalized spacial score (nSPS) is 16.7. The first kappa shape index (κ1) is 15.3. The molecule has 0 amide bonds. The summed E-state index contributed by atoms with van der Waals surface area (Å²) < 4.78 is 22.1. The monoisotopic (exact) mass is 348 g/mol. The molecule has 4 aromatic rings. The highest BCUT2D eigenvalue weighted by Crippen LogP contribution is 2.43. The average molecular weight is 348 g/mol. The third-order valence-electron chi connectivity index (χ3n) is 5.16. The van der Waals surface area contributed by atoms with Crippen molar-refractivity contribution >= 4 is 11.0 Å². The number of rotatable bonds is 3. The van der Waals surface area contributed by atoms with Crippen molar-refractivity contribution in [3.8, 4) is 11.3 Å². The van der Waals surface area contributed by atoms with Gasteiger partial charge in [0.15, 0.2) is 0 Å². The molecule has 0 bridgehead atoms. The Balaban J connectivity index is 1.53. The molecule has 0 saturated heterocycles. The quantitative estimate of drug-likeness (QED) is 0.580. The molecule has 2 atom stereocenters.